The average Bonchev–Trinajstić information content (AvgIpc) is 2.77. The first-order valence-electron chi connectivity index (χ1n) is 9.22. The monoisotopic (exact) mass is 332 g/mol. The van der Waals surface area contributed by atoms with Crippen LogP contribution in [0.1, 0.15) is 54.3 Å². The first-order chi connectivity index (χ1) is 11.2. The number of fused-ring (bicyclic) bond motifs is 4. The summed E-state index contributed by atoms with van der Waals surface area (Å²) in [5.41, 5.74) is 1.33. The molecule has 3 nitrogen and oxygen atoms in total. The largest absolute Gasteiger partial charge is 0.299 e. The Kier molecular flexibility index (Phi) is 4.57. The second-order valence-corrected chi connectivity index (χ2v) is 8.83. The van der Waals surface area contributed by atoms with Crippen LogP contribution in [0.5, 0.6) is 0 Å². The number of carbonyl (C=O) groups excluding carboxylic acids is 1. The molecule has 3 saturated heterocycles. The normalized spacial score (nSPS) is 29.4. The van der Waals surface area contributed by atoms with Crippen molar-refractivity contribution in [2.75, 3.05) is 26.2 Å². The highest BCUT2D eigenvalue weighted by Crippen LogP contribution is 2.33. The fourth-order valence-electron chi connectivity index (χ4n) is 4.54. The molecule has 126 valence electrons. The third kappa shape index (κ3) is 3.54. The molecule has 5 rings (SSSR count). The van der Waals surface area contributed by atoms with E-state index >= 15 is 0 Å². The van der Waals surface area contributed by atoms with Gasteiger partial charge in [0.2, 0.25) is 0 Å². The van der Waals surface area contributed by atoms with Crippen LogP contribution in [0.2, 0.25) is 0 Å². The Morgan fingerprint density at radius 1 is 1.22 bits per heavy atom. The van der Waals surface area contributed by atoms with Gasteiger partial charge in [-0.05, 0) is 61.5 Å². The lowest BCUT2D eigenvalue weighted by Crippen LogP contribution is -2.46. The van der Waals surface area contributed by atoms with E-state index in [1.807, 2.05) is 0 Å². The van der Waals surface area contributed by atoms with Crippen molar-refractivity contribution in [2.45, 2.75) is 51.6 Å². The Hall–Kier alpha value is -0.710. The summed E-state index contributed by atoms with van der Waals surface area (Å²) in [6.07, 6.45) is 7.16. The fourth-order valence-corrected chi connectivity index (χ4v) is 5.34. The van der Waals surface area contributed by atoms with Crippen molar-refractivity contribution in [1.82, 2.24) is 9.80 Å². The lowest BCUT2D eigenvalue weighted by molar-refractivity contribution is 0.0891. The molecule has 0 radical (unpaired) electrons. The van der Waals surface area contributed by atoms with E-state index in [2.05, 4.69) is 21.2 Å². The minimum atomic E-state index is 0.198. The summed E-state index contributed by atoms with van der Waals surface area (Å²) in [6, 6.07) is 2.87. The summed E-state index contributed by atoms with van der Waals surface area (Å²) in [6.45, 7) is 7.81. The van der Waals surface area contributed by atoms with Crippen LogP contribution in [0.4, 0.5) is 0 Å². The van der Waals surface area contributed by atoms with Crippen molar-refractivity contribution in [1.29, 1.82) is 0 Å². The Balaban J connectivity index is 1.39. The molecule has 2 atom stereocenters. The maximum Gasteiger partial charge on any atom is 0.169 e. The number of hydrogen-bond acceptors (Lipinski definition) is 4. The number of thiophene rings is 1. The number of hydrogen-bond donors (Lipinski definition) is 0. The van der Waals surface area contributed by atoms with Gasteiger partial charge in [-0.15, -0.1) is 11.3 Å². The molecule has 2 bridgehead atoms. The van der Waals surface area contributed by atoms with E-state index in [1.165, 1.54) is 63.8 Å². The molecule has 0 aromatic carbocycles. The van der Waals surface area contributed by atoms with E-state index in [9.17, 15) is 4.79 Å². The van der Waals surface area contributed by atoms with Crippen molar-refractivity contribution >= 4 is 17.1 Å². The molecule has 0 unspecified atom stereocenters. The van der Waals surface area contributed by atoms with E-state index < -0.39 is 0 Å². The van der Waals surface area contributed by atoms with E-state index in [0.717, 1.165) is 29.3 Å². The lowest BCUT2D eigenvalue weighted by atomic mass is 9.83. The van der Waals surface area contributed by atoms with Gasteiger partial charge in [-0.25, -0.2) is 0 Å². The Morgan fingerprint density at radius 3 is 2.78 bits per heavy atom. The zero-order valence-electron chi connectivity index (χ0n) is 14.2. The number of carbonyl (C=O) groups is 1. The van der Waals surface area contributed by atoms with Gasteiger partial charge in [0.15, 0.2) is 5.78 Å². The lowest BCUT2D eigenvalue weighted by Gasteiger charge is -2.40. The van der Waals surface area contributed by atoms with Crippen molar-refractivity contribution in [3.8, 4) is 0 Å². The number of ketones is 1. The van der Waals surface area contributed by atoms with Gasteiger partial charge in [-0.1, -0.05) is 6.42 Å². The second kappa shape index (κ2) is 6.66. The number of rotatable bonds is 5. The zero-order chi connectivity index (χ0) is 15.8. The predicted molar refractivity (Wildman–Crippen MR) is 95.0 cm³/mol. The molecule has 1 aromatic rings. The Labute approximate surface area is 143 Å². The van der Waals surface area contributed by atoms with Gasteiger partial charge in [0, 0.05) is 38.8 Å². The molecule has 1 aromatic heterocycles. The SMILES string of the molecule is CC(=O)c1cc(CN2C[C@H]3CC[C@@H](C2)N(CC2CCC2)C3)cs1. The summed E-state index contributed by atoms with van der Waals surface area (Å²) in [4.78, 5) is 17.9. The summed E-state index contributed by atoms with van der Waals surface area (Å²) < 4.78 is 0. The standard InChI is InChI=1S/C19H28N2OS/c1-14(22)19-7-17(13-23-19)9-20-8-16-5-6-18(12-20)21(11-16)10-15-3-2-4-15/h7,13,15-16,18H,2-6,8-12H2,1H3/t16-,18+/m1/s1. The molecule has 0 N–H and O–H groups in total. The molecule has 3 aliphatic heterocycles. The van der Waals surface area contributed by atoms with Gasteiger partial charge in [0.1, 0.15) is 0 Å². The minimum Gasteiger partial charge on any atom is -0.299 e. The van der Waals surface area contributed by atoms with Gasteiger partial charge >= 0.3 is 0 Å². The summed E-state index contributed by atoms with van der Waals surface area (Å²) in [5.74, 6) is 2.03. The van der Waals surface area contributed by atoms with Crippen LogP contribution in [0, 0.1) is 11.8 Å². The maximum atomic E-state index is 11.5. The summed E-state index contributed by atoms with van der Waals surface area (Å²) in [5, 5.41) is 2.18. The van der Waals surface area contributed by atoms with Crippen LogP contribution in [0.15, 0.2) is 11.4 Å². The molecule has 4 heterocycles. The molecule has 0 amide bonds. The van der Waals surface area contributed by atoms with E-state index in [1.54, 1.807) is 18.3 Å². The highest BCUT2D eigenvalue weighted by molar-refractivity contribution is 7.12. The molecule has 23 heavy (non-hydrogen) atoms. The molecule has 1 aliphatic carbocycles. The topological polar surface area (TPSA) is 23.6 Å². The molecule has 4 aliphatic rings. The first-order valence-corrected chi connectivity index (χ1v) is 10.1. The first kappa shape index (κ1) is 15.8. The highest BCUT2D eigenvalue weighted by atomic mass is 32.1. The van der Waals surface area contributed by atoms with Crippen molar-refractivity contribution < 1.29 is 4.79 Å². The molecule has 4 heteroatoms. The summed E-state index contributed by atoms with van der Waals surface area (Å²) in [7, 11) is 0. The molecule has 1 saturated carbocycles. The van der Waals surface area contributed by atoms with E-state index in [4.69, 9.17) is 0 Å². The van der Waals surface area contributed by atoms with Crippen LogP contribution in [-0.2, 0) is 6.54 Å². The van der Waals surface area contributed by atoms with Crippen LogP contribution in [0.25, 0.3) is 0 Å². The molecule has 0 spiro atoms. The van der Waals surface area contributed by atoms with Gasteiger partial charge in [0.05, 0.1) is 4.88 Å². The summed E-state index contributed by atoms with van der Waals surface area (Å²) >= 11 is 1.60. The third-order valence-electron chi connectivity index (χ3n) is 6.03. The molecular formula is C19H28N2OS. The van der Waals surface area contributed by atoms with Crippen LogP contribution >= 0.6 is 11.3 Å². The second-order valence-electron chi connectivity index (χ2n) is 7.92. The average molecular weight is 333 g/mol. The number of Topliss-reactive ketones (excluding diaryl/α,β-unsaturated/α-hetero) is 1. The third-order valence-corrected chi connectivity index (χ3v) is 7.11. The molecule has 4 fully saturated rings. The quantitative estimate of drug-likeness (QED) is 0.769. The number of piperidine rings is 1. The van der Waals surface area contributed by atoms with Gasteiger partial charge in [0.25, 0.3) is 0 Å². The smallest absolute Gasteiger partial charge is 0.169 e. The number of nitrogens with zero attached hydrogens (tertiary/aromatic N) is 2. The van der Waals surface area contributed by atoms with Crippen LogP contribution < -0.4 is 0 Å². The van der Waals surface area contributed by atoms with Crippen molar-refractivity contribution in [2.24, 2.45) is 11.8 Å². The maximum absolute atomic E-state index is 11.5. The highest BCUT2D eigenvalue weighted by Gasteiger charge is 2.36. The predicted octanol–water partition coefficient (Wildman–Crippen LogP) is 3.65. The minimum absolute atomic E-state index is 0.198. The van der Waals surface area contributed by atoms with Crippen LogP contribution in [-0.4, -0.2) is 47.8 Å². The van der Waals surface area contributed by atoms with Crippen LogP contribution in [0.3, 0.4) is 0 Å². The van der Waals surface area contributed by atoms with Gasteiger partial charge in [-0.3, -0.25) is 14.6 Å². The Bertz CT molecular complexity index is 565. The zero-order valence-corrected chi connectivity index (χ0v) is 15.0. The Morgan fingerprint density at radius 2 is 2.09 bits per heavy atom. The van der Waals surface area contributed by atoms with E-state index in [-0.39, 0.29) is 5.78 Å². The fraction of sp³-hybridized carbons (Fsp3) is 0.737. The van der Waals surface area contributed by atoms with Gasteiger partial charge in [-0.2, -0.15) is 0 Å². The molecular weight excluding hydrogens is 304 g/mol. The van der Waals surface area contributed by atoms with Crippen molar-refractivity contribution in [3.05, 3.63) is 21.9 Å². The van der Waals surface area contributed by atoms with E-state index in [0.29, 0.717) is 0 Å². The van der Waals surface area contributed by atoms with Gasteiger partial charge < -0.3 is 0 Å². The van der Waals surface area contributed by atoms with Crippen molar-refractivity contribution in [3.63, 3.8) is 0 Å².